The molecular formula is C10H11BrClN5S. The van der Waals surface area contributed by atoms with Crippen LogP contribution in [0.15, 0.2) is 22.8 Å². The first-order valence-electron chi connectivity index (χ1n) is 5.11. The van der Waals surface area contributed by atoms with E-state index in [1.54, 1.807) is 6.20 Å². The Morgan fingerprint density at radius 3 is 2.89 bits per heavy atom. The van der Waals surface area contributed by atoms with Gasteiger partial charge in [-0.25, -0.2) is 10.8 Å². The van der Waals surface area contributed by atoms with Gasteiger partial charge in [0.2, 0.25) is 5.95 Å². The maximum Gasteiger partial charge on any atom is 0.239 e. The highest BCUT2D eigenvalue weighted by Gasteiger charge is 2.11. The fraction of sp³-hybridized carbons (Fsp3) is 0.200. The van der Waals surface area contributed by atoms with Gasteiger partial charge in [-0.1, -0.05) is 11.6 Å². The molecule has 5 nitrogen and oxygen atoms in total. The Labute approximate surface area is 122 Å². The quantitative estimate of drug-likeness (QED) is 0.583. The molecule has 0 saturated carbocycles. The number of nitrogen functional groups attached to an aromatic ring is 1. The van der Waals surface area contributed by atoms with Crippen molar-refractivity contribution in [3.8, 4) is 0 Å². The summed E-state index contributed by atoms with van der Waals surface area (Å²) in [6.07, 6.45) is 1.64. The number of nitrogens with one attached hydrogen (secondary N) is 2. The van der Waals surface area contributed by atoms with E-state index in [2.05, 4.69) is 36.6 Å². The zero-order valence-electron chi connectivity index (χ0n) is 9.45. The maximum absolute atomic E-state index is 5.92. The molecular weight excluding hydrogens is 338 g/mol. The molecule has 0 spiro atoms. The summed E-state index contributed by atoms with van der Waals surface area (Å²) in [6.45, 7) is 2.03. The molecule has 0 saturated heterocycles. The van der Waals surface area contributed by atoms with Crippen LogP contribution in [0.1, 0.15) is 17.8 Å². The van der Waals surface area contributed by atoms with Crippen LogP contribution in [0.4, 0.5) is 11.8 Å². The smallest absolute Gasteiger partial charge is 0.239 e. The lowest BCUT2D eigenvalue weighted by molar-refractivity contribution is 0.890. The Morgan fingerprint density at radius 2 is 2.28 bits per heavy atom. The summed E-state index contributed by atoms with van der Waals surface area (Å²) < 4.78 is 1.54. The van der Waals surface area contributed by atoms with Gasteiger partial charge in [-0.15, -0.1) is 11.3 Å². The van der Waals surface area contributed by atoms with Crippen molar-refractivity contribution >= 4 is 50.6 Å². The number of nitrogens with two attached hydrogens (primary N) is 1. The highest BCUT2D eigenvalue weighted by molar-refractivity contribution is 9.10. The Hall–Kier alpha value is -0.890. The average molecular weight is 349 g/mol. The van der Waals surface area contributed by atoms with Crippen molar-refractivity contribution in [3.05, 3.63) is 32.0 Å². The SMILES string of the molecule is CC(Nc1nc(NN)ncc1Br)c1ccc(Cl)s1. The summed E-state index contributed by atoms with van der Waals surface area (Å²) >= 11 is 10.8. The summed E-state index contributed by atoms with van der Waals surface area (Å²) in [4.78, 5) is 9.35. The van der Waals surface area contributed by atoms with Gasteiger partial charge < -0.3 is 5.32 Å². The first-order chi connectivity index (χ1) is 8.60. The number of aromatic nitrogens is 2. The van der Waals surface area contributed by atoms with E-state index in [9.17, 15) is 0 Å². The number of hydrogen-bond donors (Lipinski definition) is 3. The van der Waals surface area contributed by atoms with Gasteiger partial charge in [0.15, 0.2) is 0 Å². The summed E-state index contributed by atoms with van der Waals surface area (Å²) in [6, 6.07) is 3.96. The van der Waals surface area contributed by atoms with Crippen molar-refractivity contribution in [2.24, 2.45) is 5.84 Å². The van der Waals surface area contributed by atoms with Gasteiger partial charge in [-0.2, -0.15) is 4.98 Å². The number of nitrogens with zero attached hydrogens (tertiary/aromatic N) is 2. The van der Waals surface area contributed by atoms with Crippen LogP contribution >= 0.6 is 38.9 Å². The van der Waals surface area contributed by atoms with Crippen molar-refractivity contribution in [2.45, 2.75) is 13.0 Å². The van der Waals surface area contributed by atoms with E-state index in [-0.39, 0.29) is 6.04 Å². The fourth-order valence-corrected chi connectivity index (χ4v) is 2.74. The van der Waals surface area contributed by atoms with E-state index < -0.39 is 0 Å². The van der Waals surface area contributed by atoms with Crippen molar-refractivity contribution in [1.29, 1.82) is 0 Å². The van der Waals surface area contributed by atoms with Gasteiger partial charge in [0.25, 0.3) is 0 Å². The number of halogens is 2. The van der Waals surface area contributed by atoms with Crippen LogP contribution < -0.4 is 16.6 Å². The Bertz CT molecular complexity index is 547. The molecule has 2 rings (SSSR count). The molecule has 0 aromatic carbocycles. The molecule has 8 heteroatoms. The zero-order chi connectivity index (χ0) is 13.1. The maximum atomic E-state index is 5.92. The third kappa shape index (κ3) is 3.11. The standard InChI is InChI=1S/C10H11BrClN5S/c1-5(7-2-3-8(12)18-7)15-9-6(11)4-14-10(16-9)17-13/h2-5H,13H2,1H3,(H2,14,15,16,17). The average Bonchev–Trinajstić information content (AvgIpc) is 2.79. The lowest BCUT2D eigenvalue weighted by Gasteiger charge is -2.14. The molecule has 0 radical (unpaired) electrons. The van der Waals surface area contributed by atoms with E-state index in [0.29, 0.717) is 11.8 Å². The molecule has 0 aliphatic carbocycles. The van der Waals surface area contributed by atoms with Crippen molar-refractivity contribution in [3.63, 3.8) is 0 Å². The lowest BCUT2D eigenvalue weighted by Crippen LogP contribution is -2.13. The molecule has 0 amide bonds. The molecule has 2 aromatic heterocycles. The van der Waals surface area contributed by atoms with Crippen LogP contribution in [0, 0.1) is 0 Å². The van der Waals surface area contributed by atoms with Crippen LogP contribution in [0.25, 0.3) is 0 Å². The van der Waals surface area contributed by atoms with Gasteiger partial charge in [-0.05, 0) is 35.0 Å². The minimum Gasteiger partial charge on any atom is -0.362 e. The van der Waals surface area contributed by atoms with E-state index >= 15 is 0 Å². The first kappa shape index (κ1) is 13.5. The Morgan fingerprint density at radius 1 is 1.50 bits per heavy atom. The summed E-state index contributed by atoms with van der Waals surface area (Å²) in [5, 5.41) is 3.27. The number of hydrogen-bond acceptors (Lipinski definition) is 6. The van der Waals surface area contributed by atoms with Gasteiger partial charge in [0.1, 0.15) is 5.82 Å². The summed E-state index contributed by atoms with van der Waals surface area (Å²) in [5.74, 6) is 6.31. The van der Waals surface area contributed by atoms with Gasteiger partial charge >= 0.3 is 0 Å². The Balaban J connectivity index is 2.18. The Kier molecular flexibility index (Phi) is 4.39. The molecule has 0 aliphatic rings. The second-order valence-electron chi connectivity index (χ2n) is 3.54. The zero-order valence-corrected chi connectivity index (χ0v) is 12.6. The number of hydrazine groups is 1. The molecule has 96 valence electrons. The summed E-state index contributed by atoms with van der Waals surface area (Å²) in [7, 11) is 0. The van der Waals surface area contributed by atoms with Gasteiger partial charge in [0.05, 0.1) is 14.9 Å². The molecule has 1 atom stereocenters. The van der Waals surface area contributed by atoms with Gasteiger partial charge in [0, 0.05) is 11.1 Å². The minimum absolute atomic E-state index is 0.0966. The fourth-order valence-electron chi connectivity index (χ4n) is 1.38. The van der Waals surface area contributed by atoms with Crippen LogP contribution in [-0.4, -0.2) is 9.97 Å². The third-order valence-electron chi connectivity index (χ3n) is 2.25. The minimum atomic E-state index is 0.0966. The van der Waals surface area contributed by atoms with Crippen molar-refractivity contribution < 1.29 is 0 Å². The van der Waals surface area contributed by atoms with Crippen LogP contribution in [0.3, 0.4) is 0 Å². The molecule has 0 aliphatic heterocycles. The number of anilines is 2. The molecule has 18 heavy (non-hydrogen) atoms. The predicted molar refractivity (Wildman–Crippen MR) is 78.9 cm³/mol. The van der Waals surface area contributed by atoms with E-state index in [4.69, 9.17) is 17.4 Å². The van der Waals surface area contributed by atoms with Crippen LogP contribution in [-0.2, 0) is 0 Å². The molecule has 0 bridgehead atoms. The molecule has 0 fully saturated rings. The second-order valence-corrected chi connectivity index (χ2v) is 6.14. The van der Waals surface area contributed by atoms with Crippen molar-refractivity contribution in [2.75, 3.05) is 10.7 Å². The largest absolute Gasteiger partial charge is 0.362 e. The molecule has 2 heterocycles. The molecule has 4 N–H and O–H groups in total. The second kappa shape index (κ2) is 5.83. The monoisotopic (exact) mass is 347 g/mol. The van der Waals surface area contributed by atoms with E-state index in [1.807, 2.05) is 19.1 Å². The summed E-state index contributed by atoms with van der Waals surface area (Å²) in [5.41, 5.74) is 2.41. The first-order valence-corrected chi connectivity index (χ1v) is 7.10. The van der Waals surface area contributed by atoms with Gasteiger partial charge in [-0.3, -0.25) is 5.43 Å². The van der Waals surface area contributed by atoms with E-state index in [1.165, 1.54) is 11.3 Å². The third-order valence-corrected chi connectivity index (χ3v) is 4.24. The predicted octanol–water partition coefficient (Wildman–Crippen LogP) is 3.41. The van der Waals surface area contributed by atoms with Crippen molar-refractivity contribution in [1.82, 2.24) is 9.97 Å². The van der Waals surface area contributed by atoms with Crippen LogP contribution in [0.5, 0.6) is 0 Å². The lowest BCUT2D eigenvalue weighted by atomic mass is 10.3. The topological polar surface area (TPSA) is 75.9 Å². The normalized spacial score (nSPS) is 12.2. The highest BCUT2D eigenvalue weighted by atomic mass is 79.9. The number of thiophene rings is 1. The highest BCUT2D eigenvalue weighted by Crippen LogP contribution is 2.30. The molecule has 2 aromatic rings. The number of rotatable bonds is 4. The van der Waals surface area contributed by atoms with E-state index in [0.717, 1.165) is 13.7 Å². The molecule has 1 unspecified atom stereocenters. The van der Waals surface area contributed by atoms with Crippen LogP contribution in [0.2, 0.25) is 4.34 Å².